The van der Waals surface area contributed by atoms with Gasteiger partial charge in [0.2, 0.25) is 0 Å². The van der Waals surface area contributed by atoms with Crippen molar-refractivity contribution in [1.82, 2.24) is 4.98 Å². The van der Waals surface area contributed by atoms with Gasteiger partial charge in [0.25, 0.3) is 0 Å². The zero-order valence-electron chi connectivity index (χ0n) is 9.92. The van der Waals surface area contributed by atoms with E-state index in [2.05, 4.69) is 4.98 Å². The summed E-state index contributed by atoms with van der Waals surface area (Å²) in [5, 5.41) is 11.2. The van der Waals surface area contributed by atoms with Gasteiger partial charge in [0.05, 0.1) is 12.1 Å². The summed E-state index contributed by atoms with van der Waals surface area (Å²) < 4.78 is 5.64. The van der Waals surface area contributed by atoms with Gasteiger partial charge in [0, 0.05) is 5.38 Å². The van der Waals surface area contributed by atoms with Crippen molar-refractivity contribution < 1.29 is 14.6 Å². The Labute approximate surface area is 109 Å². The Morgan fingerprint density at radius 1 is 1.44 bits per heavy atom. The third kappa shape index (κ3) is 3.30. The van der Waals surface area contributed by atoms with E-state index in [1.54, 1.807) is 5.38 Å². The van der Waals surface area contributed by atoms with Crippen LogP contribution in [0.5, 0.6) is 5.75 Å². The molecule has 0 saturated heterocycles. The fraction of sp³-hybridized carbons (Fsp3) is 0.231. The number of nitrogens with zero attached hydrogens (tertiary/aromatic N) is 1. The summed E-state index contributed by atoms with van der Waals surface area (Å²) in [4.78, 5) is 14.7. The highest BCUT2D eigenvalue weighted by atomic mass is 32.1. The second kappa shape index (κ2) is 5.64. The number of rotatable bonds is 5. The van der Waals surface area contributed by atoms with E-state index in [0.717, 1.165) is 16.3 Å². The van der Waals surface area contributed by atoms with E-state index in [1.807, 2.05) is 31.2 Å². The molecule has 1 aromatic carbocycles. The zero-order chi connectivity index (χ0) is 13.0. The van der Waals surface area contributed by atoms with Gasteiger partial charge in [0.15, 0.2) is 0 Å². The molecule has 1 heterocycles. The molecule has 0 unspecified atom stereocenters. The Bertz CT molecular complexity index is 551. The predicted octanol–water partition coefficient (Wildman–Crippen LogP) is 2.66. The first-order chi connectivity index (χ1) is 8.65. The van der Waals surface area contributed by atoms with Gasteiger partial charge in [-0.25, -0.2) is 4.98 Å². The summed E-state index contributed by atoms with van der Waals surface area (Å²) in [7, 11) is 0. The number of carbonyl (C=O) groups is 1. The van der Waals surface area contributed by atoms with Crippen molar-refractivity contribution >= 4 is 17.3 Å². The lowest BCUT2D eigenvalue weighted by Crippen LogP contribution is -2.01. The van der Waals surface area contributed by atoms with E-state index in [-0.39, 0.29) is 6.42 Å². The molecular weight excluding hydrogens is 250 g/mol. The van der Waals surface area contributed by atoms with E-state index < -0.39 is 5.97 Å². The molecule has 0 fully saturated rings. The molecule has 0 aliphatic carbocycles. The van der Waals surface area contributed by atoms with Crippen molar-refractivity contribution in [1.29, 1.82) is 0 Å². The van der Waals surface area contributed by atoms with Crippen molar-refractivity contribution in [3.05, 3.63) is 45.9 Å². The molecule has 1 N–H and O–H groups in total. The number of aromatic nitrogens is 1. The lowest BCUT2D eigenvalue weighted by molar-refractivity contribution is -0.136. The van der Waals surface area contributed by atoms with Gasteiger partial charge < -0.3 is 9.84 Å². The molecule has 5 heteroatoms. The predicted molar refractivity (Wildman–Crippen MR) is 69.0 cm³/mol. The number of hydrogen-bond acceptors (Lipinski definition) is 4. The first kappa shape index (κ1) is 12.6. The van der Waals surface area contributed by atoms with Crippen LogP contribution in [0.3, 0.4) is 0 Å². The maximum atomic E-state index is 10.5. The standard InChI is InChI=1S/C13H13NO3S/c1-9-4-2-3-5-11(9)17-7-12-14-10(8-18-12)6-13(15)16/h2-5,8H,6-7H2,1H3,(H,15,16). The summed E-state index contributed by atoms with van der Waals surface area (Å²) in [6.07, 6.45) is -0.0408. The number of thiazole rings is 1. The molecule has 0 atom stereocenters. The monoisotopic (exact) mass is 263 g/mol. The van der Waals surface area contributed by atoms with E-state index in [1.165, 1.54) is 11.3 Å². The third-order valence-corrected chi connectivity index (χ3v) is 3.25. The van der Waals surface area contributed by atoms with Crippen LogP contribution < -0.4 is 4.74 Å². The number of hydrogen-bond donors (Lipinski definition) is 1. The number of para-hydroxylation sites is 1. The van der Waals surface area contributed by atoms with Crippen LogP contribution in [0.15, 0.2) is 29.6 Å². The number of carboxylic acid groups (broad SMARTS) is 1. The van der Waals surface area contributed by atoms with Gasteiger partial charge in [-0.2, -0.15) is 0 Å². The number of aliphatic carboxylic acids is 1. The summed E-state index contributed by atoms with van der Waals surface area (Å²) in [5.41, 5.74) is 1.65. The normalized spacial score (nSPS) is 10.3. The SMILES string of the molecule is Cc1ccccc1OCc1nc(CC(=O)O)cs1. The Balaban J connectivity index is 1.96. The first-order valence-corrected chi connectivity index (χ1v) is 6.36. The first-order valence-electron chi connectivity index (χ1n) is 5.48. The minimum Gasteiger partial charge on any atom is -0.486 e. The molecule has 1 aromatic heterocycles. The van der Waals surface area contributed by atoms with Gasteiger partial charge in [-0.15, -0.1) is 11.3 Å². The molecule has 0 radical (unpaired) electrons. The Hall–Kier alpha value is -1.88. The Kier molecular flexibility index (Phi) is 3.94. The Morgan fingerprint density at radius 3 is 2.94 bits per heavy atom. The number of aryl methyl sites for hydroxylation is 1. The van der Waals surface area contributed by atoms with E-state index in [0.29, 0.717) is 12.3 Å². The Morgan fingerprint density at radius 2 is 2.22 bits per heavy atom. The van der Waals surface area contributed by atoms with Crippen LogP contribution in [0.1, 0.15) is 16.3 Å². The lowest BCUT2D eigenvalue weighted by atomic mass is 10.2. The van der Waals surface area contributed by atoms with Crippen LogP contribution in [0.25, 0.3) is 0 Å². The van der Waals surface area contributed by atoms with Crippen molar-refractivity contribution in [2.45, 2.75) is 20.0 Å². The minimum atomic E-state index is -0.869. The molecule has 4 nitrogen and oxygen atoms in total. The van der Waals surface area contributed by atoms with Crippen LogP contribution in [0.2, 0.25) is 0 Å². The highest BCUT2D eigenvalue weighted by Crippen LogP contribution is 2.19. The van der Waals surface area contributed by atoms with Crippen molar-refractivity contribution in [3.63, 3.8) is 0 Å². The molecule has 18 heavy (non-hydrogen) atoms. The van der Waals surface area contributed by atoms with Gasteiger partial charge in [0.1, 0.15) is 17.4 Å². The maximum absolute atomic E-state index is 10.5. The van der Waals surface area contributed by atoms with Crippen LogP contribution in [0, 0.1) is 6.92 Å². The van der Waals surface area contributed by atoms with Gasteiger partial charge in [-0.3, -0.25) is 4.79 Å². The molecule has 0 bridgehead atoms. The highest BCUT2D eigenvalue weighted by Gasteiger charge is 2.07. The van der Waals surface area contributed by atoms with Gasteiger partial charge >= 0.3 is 5.97 Å². The van der Waals surface area contributed by atoms with E-state index in [9.17, 15) is 4.79 Å². The molecule has 0 amide bonds. The van der Waals surface area contributed by atoms with Crippen molar-refractivity contribution in [3.8, 4) is 5.75 Å². The molecule has 0 aliphatic rings. The van der Waals surface area contributed by atoms with Gasteiger partial charge in [-0.05, 0) is 18.6 Å². The number of ether oxygens (including phenoxy) is 1. The fourth-order valence-corrected chi connectivity index (χ4v) is 2.21. The van der Waals surface area contributed by atoms with E-state index in [4.69, 9.17) is 9.84 Å². The number of carboxylic acids is 1. The highest BCUT2D eigenvalue weighted by molar-refractivity contribution is 7.09. The second-order valence-electron chi connectivity index (χ2n) is 3.86. The van der Waals surface area contributed by atoms with Crippen molar-refractivity contribution in [2.24, 2.45) is 0 Å². The summed E-state index contributed by atoms with van der Waals surface area (Å²) in [6, 6.07) is 7.75. The molecule has 0 spiro atoms. The number of benzene rings is 1. The van der Waals surface area contributed by atoms with Crippen LogP contribution in [0.4, 0.5) is 0 Å². The molecule has 2 aromatic rings. The lowest BCUT2D eigenvalue weighted by Gasteiger charge is -2.06. The third-order valence-electron chi connectivity index (χ3n) is 2.38. The van der Waals surface area contributed by atoms with Crippen LogP contribution >= 0.6 is 11.3 Å². The van der Waals surface area contributed by atoms with Gasteiger partial charge in [-0.1, -0.05) is 18.2 Å². The molecule has 2 rings (SSSR count). The largest absolute Gasteiger partial charge is 0.486 e. The maximum Gasteiger partial charge on any atom is 0.309 e. The average molecular weight is 263 g/mol. The zero-order valence-corrected chi connectivity index (χ0v) is 10.7. The topological polar surface area (TPSA) is 59.4 Å². The fourth-order valence-electron chi connectivity index (χ4n) is 1.51. The minimum absolute atomic E-state index is 0.0408. The summed E-state index contributed by atoms with van der Waals surface area (Å²) >= 11 is 1.42. The summed E-state index contributed by atoms with van der Waals surface area (Å²) in [5.74, 6) is -0.0424. The van der Waals surface area contributed by atoms with Crippen molar-refractivity contribution in [2.75, 3.05) is 0 Å². The average Bonchev–Trinajstić information content (AvgIpc) is 2.75. The molecule has 0 aliphatic heterocycles. The molecule has 0 saturated carbocycles. The summed E-state index contributed by atoms with van der Waals surface area (Å²) in [6.45, 7) is 2.35. The smallest absolute Gasteiger partial charge is 0.309 e. The second-order valence-corrected chi connectivity index (χ2v) is 4.80. The molecule has 94 valence electrons. The molecular formula is C13H13NO3S. The quantitative estimate of drug-likeness (QED) is 0.901. The van der Waals surface area contributed by atoms with E-state index >= 15 is 0 Å². The van der Waals surface area contributed by atoms with Crippen LogP contribution in [-0.4, -0.2) is 16.1 Å². The van der Waals surface area contributed by atoms with Crippen LogP contribution in [-0.2, 0) is 17.8 Å².